The number of hydrogen-bond acceptors (Lipinski definition) is 9. The van der Waals surface area contributed by atoms with E-state index in [2.05, 4.69) is 14.8 Å². The Labute approximate surface area is 189 Å². The van der Waals surface area contributed by atoms with E-state index in [1.165, 1.54) is 27.2 Å². The topological polar surface area (TPSA) is 158 Å². The summed E-state index contributed by atoms with van der Waals surface area (Å²) in [5.74, 6) is -0.452. The predicted octanol–water partition coefficient (Wildman–Crippen LogP) is 0.848. The Hall–Kier alpha value is -2.76. The van der Waals surface area contributed by atoms with Gasteiger partial charge in [0.25, 0.3) is 5.56 Å². The van der Waals surface area contributed by atoms with Gasteiger partial charge in [-0.1, -0.05) is 18.2 Å². The number of carbonyl (C=O) groups excluding carboxylic acids is 1. The zero-order valence-corrected chi connectivity index (χ0v) is 19.2. The van der Waals surface area contributed by atoms with Crippen LogP contribution in [-0.4, -0.2) is 52.6 Å². The molecule has 1 saturated heterocycles. The average molecular weight is 483 g/mol. The first kappa shape index (κ1) is 24.9. The molecular weight excluding hydrogens is 457 g/mol. The molecule has 0 amide bonds. The lowest BCUT2D eigenvalue weighted by molar-refractivity contribution is -0.142. The molecule has 2 heterocycles. The van der Waals surface area contributed by atoms with Crippen LogP contribution in [-0.2, 0) is 23.4 Å². The second-order valence-electron chi connectivity index (χ2n) is 7.48. The quantitative estimate of drug-likeness (QED) is 0.345. The Bertz CT molecular complexity index is 1130. The number of aliphatic hydroxyl groups excluding tert-OH is 1. The molecule has 1 fully saturated rings. The molecule has 180 valence electrons. The first-order valence-electron chi connectivity index (χ1n) is 10.1. The number of aromatic amines is 1. The van der Waals surface area contributed by atoms with Gasteiger partial charge in [0.2, 0.25) is 0 Å². The van der Waals surface area contributed by atoms with E-state index in [1.807, 2.05) is 0 Å². The van der Waals surface area contributed by atoms with Crippen molar-refractivity contribution in [1.29, 1.82) is 0 Å². The molecule has 0 radical (unpaired) electrons. The number of methoxy groups -OCH3 is 1. The van der Waals surface area contributed by atoms with Gasteiger partial charge in [0.05, 0.1) is 19.8 Å². The van der Waals surface area contributed by atoms with Crippen LogP contribution in [0, 0.1) is 6.92 Å². The highest BCUT2D eigenvalue weighted by Gasteiger charge is 2.39. The number of esters is 1. The molecule has 0 bridgehead atoms. The van der Waals surface area contributed by atoms with Crippen molar-refractivity contribution in [3.63, 3.8) is 0 Å². The largest absolute Gasteiger partial charge is 0.468 e. The third kappa shape index (κ3) is 6.18. The molecule has 3 N–H and O–H groups in total. The molecule has 0 saturated carbocycles. The van der Waals surface area contributed by atoms with E-state index in [0.29, 0.717) is 5.56 Å². The molecule has 1 aromatic carbocycles. The van der Waals surface area contributed by atoms with Gasteiger partial charge in [-0.2, -0.15) is 5.09 Å². The predicted molar refractivity (Wildman–Crippen MR) is 116 cm³/mol. The monoisotopic (exact) mass is 483 g/mol. The van der Waals surface area contributed by atoms with Crippen LogP contribution in [0.1, 0.15) is 25.1 Å². The van der Waals surface area contributed by atoms with Crippen LogP contribution in [0.2, 0.25) is 0 Å². The fourth-order valence-electron chi connectivity index (χ4n) is 3.18. The van der Waals surface area contributed by atoms with Gasteiger partial charge in [-0.3, -0.25) is 23.7 Å². The van der Waals surface area contributed by atoms with E-state index < -0.39 is 49.4 Å². The number of H-pyrrole nitrogens is 1. The summed E-state index contributed by atoms with van der Waals surface area (Å²) in [4.78, 5) is 37.7. The van der Waals surface area contributed by atoms with Crippen molar-refractivity contribution in [2.75, 3.05) is 13.7 Å². The van der Waals surface area contributed by atoms with Gasteiger partial charge in [0.1, 0.15) is 24.1 Å². The number of aliphatic hydroxyl groups is 1. The van der Waals surface area contributed by atoms with Crippen LogP contribution in [0.25, 0.3) is 0 Å². The zero-order chi connectivity index (χ0) is 24.2. The standard InChI is InChI=1S/C20H26N3O9P/c1-12-10-23(20(27)21-18(12)25)17-9-15(24)16(31-17)11-30-33(28,22-13(2)19(26)29-3)32-14-7-5-4-6-8-14/h4-8,10,13,15-17,24H,9,11H2,1-3H3,(H,22,28)(H,21,25,27)/t13-,15+,16?,17+,33?/m0/s1. The number of hydrogen-bond donors (Lipinski definition) is 3. The zero-order valence-electron chi connectivity index (χ0n) is 18.3. The number of carbonyl (C=O) groups is 1. The van der Waals surface area contributed by atoms with E-state index in [9.17, 15) is 24.1 Å². The summed E-state index contributed by atoms with van der Waals surface area (Å²) in [6.07, 6.45) is -1.51. The van der Waals surface area contributed by atoms with Gasteiger partial charge in [0.15, 0.2) is 0 Å². The van der Waals surface area contributed by atoms with Crippen molar-refractivity contribution >= 4 is 13.7 Å². The van der Waals surface area contributed by atoms with Crippen LogP contribution in [0.3, 0.4) is 0 Å². The Balaban J connectivity index is 1.73. The first-order chi connectivity index (χ1) is 15.6. The van der Waals surface area contributed by atoms with Crippen molar-refractivity contribution < 1.29 is 33.0 Å². The molecule has 13 heteroatoms. The minimum Gasteiger partial charge on any atom is -0.468 e. The number of benzene rings is 1. The van der Waals surface area contributed by atoms with Crippen LogP contribution >= 0.6 is 7.75 Å². The molecule has 0 aliphatic carbocycles. The molecule has 5 atom stereocenters. The third-order valence-corrected chi connectivity index (χ3v) is 6.59. The summed E-state index contributed by atoms with van der Waals surface area (Å²) in [7, 11) is -2.93. The number of nitrogens with one attached hydrogen (secondary N) is 2. The number of rotatable bonds is 9. The lowest BCUT2D eigenvalue weighted by Gasteiger charge is -2.24. The van der Waals surface area contributed by atoms with Gasteiger partial charge < -0.3 is 19.1 Å². The number of aromatic nitrogens is 2. The molecule has 2 aromatic rings. The molecule has 3 rings (SSSR count). The highest BCUT2D eigenvalue weighted by atomic mass is 31.2. The average Bonchev–Trinajstić information content (AvgIpc) is 3.15. The maximum absolute atomic E-state index is 13.4. The van der Waals surface area contributed by atoms with Crippen molar-refractivity contribution in [3.05, 3.63) is 62.9 Å². The Morgan fingerprint density at radius 3 is 2.73 bits per heavy atom. The van der Waals surface area contributed by atoms with Gasteiger partial charge >= 0.3 is 19.4 Å². The molecule has 0 spiro atoms. The SMILES string of the molecule is COC(=O)[C@H](C)NP(=O)(OCC1O[C@@H](n2cc(C)c(=O)[nH]c2=O)C[C@H]1O)Oc1ccccc1. The lowest BCUT2D eigenvalue weighted by atomic mass is 10.2. The van der Waals surface area contributed by atoms with Gasteiger partial charge in [0, 0.05) is 18.2 Å². The molecule has 12 nitrogen and oxygen atoms in total. The molecule has 33 heavy (non-hydrogen) atoms. The maximum Gasteiger partial charge on any atom is 0.459 e. The molecule has 2 unspecified atom stereocenters. The molecule has 1 aliphatic rings. The van der Waals surface area contributed by atoms with Gasteiger partial charge in [-0.15, -0.1) is 0 Å². The fraction of sp³-hybridized carbons (Fsp3) is 0.450. The van der Waals surface area contributed by atoms with Crippen molar-refractivity contribution in [3.8, 4) is 5.75 Å². The summed E-state index contributed by atoms with van der Waals surface area (Å²) in [6.45, 7) is 2.59. The highest BCUT2D eigenvalue weighted by molar-refractivity contribution is 7.52. The summed E-state index contributed by atoms with van der Waals surface area (Å²) >= 11 is 0. The fourth-order valence-corrected chi connectivity index (χ4v) is 4.69. The van der Waals surface area contributed by atoms with Gasteiger partial charge in [-0.25, -0.2) is 9.36 Å². The Morgan fingerprint density at radius 1 is 1.36 bits per heavy atom. The normalized spacial score (nSPS) is 23.0. The molecule has 1 aromatic heterocycles. The second-order valence-corrected chi connectivity index (χ2v) is 9.18. The van der Waals surface area contributed by atoms with E-state index in [0.717, 1.165) is 4.57 Å². The van der Waals surface area contributed by atoms with Crippen molar-refractivity contribution in [2.45, 2.75) is 44.7 Å². The van der Waals surface area contributed by atoms with E-state index in [-0.39, 0.29) is 18.8 Å². The summed E-state index contributed by atoms with van der Waals surface area (Å²) < 4.78 is 35.9. The first-order valence-corrected chi connectivity index (χ1v) is 11.7. The summed E-state index contributed by atoms with van der Waals surface area (Å²) in [5.41, 5.74) is -0.898. The molecular formula is C20H26N3O9P. The van der Waals surface area contributed by atoms with E-state index >= 15 is 0 Å². The maximum atomic E-state index is 13.4. The third-order valence-electron chi connectivity index (χ3n) is 4.94. The number of ether oxygens (including phenoxy) is 2. The second kappa shape index (κ2) is 10.4. The molecule has 1 aliphatic heterocycles. The van der Waals surface area contributed by atoms with E-state index in [4.69, 9.17) is 13.8 Å². The minimum atomic E-state index is -4.12. The lowest BCUT2D eigenvalue weighted by Crippen LogP contribution is -2.36. The Morgan fingerprint density at radius 2 is 2.06 bits per heavy atom. The van der Waals surface area contributed by atoms with Crippen molar-refractivity contribution in [2.24, 2.45) is 0 Å². The van der Waals surface area contributed by atoms with E-state index in [1.54, 1.807) is 30.3 Å². The minimum absolute atomic E-state index is 0.0370. The van der Waals surface area contributed by atoms with Crippen LogP contribution in [0.5, 0.6) is 5.75 Å². The Kier molecular flexibility index (Phi) is 7.88. The number of nitrogens with zero attached hydrogens (tertiary/aromatic N) is 1. The summed E-state index contributed by atoms with van der Waals surface area (Å²) in [6, 6.07) is 7.18. The van der Waals surface area contributed by atoms with Gasteiger partial charge in [-0.05, 0) is 26.0 Å². The smallest absolute Gasteiger partial charge is 0.459 e. The van der Waals surface area contributed by atoms with Crippen LogP contribution in [0.4, 0.5) is 0 Å². The highest BCUT2D eigenvalue weighted by Crippen LogP contribution is 2.45. The van der Waals surface area contributed by atoms with Crippen LogP contribution < -0.4 is 20.9 Å². The number of aryl methyl sites for hydroxylation is 1. The van der Waals surface area contributed by atoms with Crippen molar-refractivity contribution in [1.82, 2.24) is 14.6 Å². The number of para-hydroxylation sites is 1. The summed E-state index contributed by atoms with van der Waals surface area (Å²) in [5, 5.41) is 12.9. The van der Waals surface area contributed by atoms with Crippen LogP contribution in [0.15, 0.2) is 46.1 Å².